The molecule has 10 heteroatoms. The summed E-state index contributed by atoms with van der Waals surface area (Å²) in [6, 6.07) is 11.3. The molecule has 0 aliphatic heterocycles. The van der Waals surface area contributed by atoms with Gasteiger partial charge in [-0.25, -0.2) is 13.1 Å². The summed E-state index contributed by atoms with van der Waals surface area (Å²) in [6.07, 6.45) is 0.769. The smallest absolute Gasteiger partial charge is 0.240 e. The predicted molar refractivity (Wildman–Crippen MR) is 117 cm³/mol. The summed E-state index contributed by atoms with van der Waals surface area (Å²) in [5, 5.41) is 5.26. The summed E-state index contributed by atoms with van der Waals surface area (Å²) >= 11 is 0. The highest BCUT2D eigenvalue weighted by Gasteiger charge is 2.13. The van der Waals surface area contributed by atoms with Gasteiger partial charge in [-0.1, -0.05) is 6.07 Å². The summed E-state index contributed by atoms with van der Waals surface area (Å²) in [5.74, 6) is 0.789. The Kier molecular flexibility index (Phi) is 8.83. The van der Waals surface area contributed by atoms with Gasteiger partial charge in [-0.05, 0) is 48.4 Å². The molecule has 31 heavy (non-hydrogen) atoms. The largest absolute Gasteiger partial charge is 0.493 e. The second kappa shape index (κ2) is 11.3. The quantitative estimate of drug-likeness (QED) is 0.449. The average Bonchev–Trinajstić information content (AvgIpc) is 2.75. The van der Waals surface area contributed by atoms with E-state index in [-0.39, 0.29) is 36.2 Å². The van der Waals surface area contributed by atoms with Crippen LogP contribution in [0.5, 0.6) is 11.5 Å². The molecule has 3 N–H and O–H groups in total. The normalized spacial score (nSPS) is 10.9. The maximum absolute atomic E-state index is 12.3. The Morgan fingerprint density at radius 3 is 2.23 bits per heavy atom. The van der Waals surface area contributed by atoms with Crippen LogP contribution in [0.25, 0.3) is 0 Å². The van der Waals surface area contributed by atoms with E-state index in [0.717, 1.165) is 5.56 Å². The zero-order chi connectivity index (χ0) is 22.9. The Morgan fingerprint density at radius 2 is 1.61 bits per heavy atom. The third kappa shape index (κ3) is 7.58. The third-order valence-electron chi connectivity index (χ3n) is 4.31. The van der Waals surface area contributed by atoms with Crippen LogP contribution in [0, 0.1) is 0 Å². The number of carbonyl (C=O) groups excluding carboxylic acids is 2. The van der Waals surface area contributed by atoms with Crippen LogP contribution in [-0.4, -0.2) is 47.5 Å². The molecule has 0 unspecified atom stereocenters. The van der Waals surface area contributed by atoms with Gasteiger partial charge in [0.05, 0.1) is 19.1 Å². The summed E-state index contributed by atoms with van der Waals surface area (Å²) < 4.78 is 37.5. The van der Waals surface area contributed by atoms with Crippen molar-refractivity contribution in [3.63, 3.8) is 0 Å². The van der Waals surface area contributed by atoms with Gasteiger partial charge in [-0.15, -0.1) is 0 Å². The minimum absolute atomic E-state index is 0.0535. The van der Waals surface area contributed by atoms with Crippen LogP contribution < -0.4 is 24.8 Å². The van der Waals surface area contributed by atoms with Gasteiger partial charge in [0.2, 0.25) is 21.8 Å². The van der Waals surface area contributed by atoms with Crippen molar-refractivity contribution < 1.29 is 27.5 Å². The van der Waals surface area contributed by atoms with E-state index in [2.05, 4.69) is 15.4 Å². The van der Waals surface area contributed by atoms with Gasteiger partial charge in [0.15, 0.2) is 11.5 Å². The number of amides is 2. The number of nitrogens with one attached hydrogen (secondary N) is 3. The number of benzene rings is 2. The van der Waals surface area contributed by atoms with E-state index in [9.17, 15) is 18.0 Å². The molecular weight excluding hydrogens is 422 g/mol. The molecule has 0 atom stereocenters. The molecule has 2 amide bonds. The minimum atomic E-state index is -3.71. The molecule has 168 valence electrons. The first-order valence-corrected chi connectivity index (χ1v) is 11.1. The summed E-state index contributed by atoms with van der Waals surface area (Å²) in [7, 11) is -0.609. The van der Waals surface area contributed by atoms with Gasteiger partial charge in [-0.3, -0.25) is 9.59 Å². The van der Waals surface area contributed by atoms with Crippen LogP contribution in [0.3, 0.4) is 0 Å². The lowest BCUT2D eigenvalue weighted by molar-refractivity contribution is -0.121. The standard InChI is InChI=1S/C21H27N3O6S/c1-15(25)24-17-6-8-18(9-7-17)31(27,28)23-13-12-22-21(26)11-5-16-4-10-19(29-2)20(14-16)30-3/h4,6-10,14,23H,5,11-13H2,1-3H3,(H,22,26)(H,24,25). The zero-order valence-corrected chi connectivity index (χ0v) is 18.5. The molecule has 0 aliphatic rings. The summed E-state index contributed by atoms with van der Waals surface area (Å²) in [6.45, 7) is 1.58. The van der Waals surface area contributed by atoms with Crippen molar-refractivity contribution in [2.75, 3.05) is 32.6 Å². The Morgan fingerprint density at radius 1 is 0.935 bits per heavy atom. The highest BCUT2D eigenvalue weighted by Crippen LogP contribution is 2.27. The van der Waals surface area contributed by atoms with Crippen LogP contribution in [0.2, 0.25) is 0 Å². The van der Waals surface area contributed by atoms with Gasteiger partial charge in [0.25, 0.3) is 0 Å². The molecule has 2 aromatic carbocycles. The van der Waals surface area contributed by atoms with Crippen LogP contribution in [0.1, 0.15) is 18.9 Å². The number of anilines is 1. The second-order valence-electron chi connectivity index (χ2n) is 6.64. The van der Waals surface area contributed by atoms with Crippen LogP contribution in [-0.2, 0) is 26.0 Å². The Balaban J connectivity index is 1.76. The van der Waals surface area contributed by atoms with Gasteiger partial charge in [-0.2, -0.15) is 0 Å². The van der Waals surface area contributed by atoms with Crippen molar-refractivity contribution in [2.24, 2.45) is 0 Å². The second-order valence-corrected chi connectivity index (χ2v) is 8.41. The molecule has 0 bridgehead atoms. The van der Waals surface area contributed by atoms with Gasteiger partial charge >= 0.3 is 0 Å². The van der Waals surface area contributed by atoms with E-state index in [1.165, 1.54) is 31.2 Å². The Labute approximate surface area is 182 Å². The molecule has 0 saturated carbocycles. The lowest BCUT2D eigenvalue weighted by Crippen LogP contribution is -2.34. The molecule has 0 aromatic heterocycles. The number of methoxy groups -OCH3 is 2. The molecule has 2 rings (SSSR count). The third-order valence-corrected chi connectivity index (χ3v) is 5.79. The fraction of sp³-hybridized carbons (Fsp3) is 0.333. The molecular formula is C21H27N3O6S. The number of carbonyl (C=O) groups is 2. The Bertz CT molecular complexity index is 1010. The molecule has 0 spiro atoms. The van der Waals surface area contributed by atoms with Gasteiger partial charge < -0.3 is 20.1 Å². The molecule has 0 fully saturated rings. The lowest BCUT2D eigenvalue weighted by Gasteiger charge is -2.10. The van der Waals surface area contributed by atoms with Crippen LogP contribution in [0.15, 0.2) is 47.4 Å². The van der Waals surface area contributed by atoms with E-state index in [1.54, 1.807) is 20.3 Å². The van der Waals surface area contributed by atoms with E-state index in [4.69, 9.17) is 9.47 Å². The fourth-order valence-electron chi connectivity index (χ4n) is 2.77. The predicted octanol–water partition coefficient (Wildman–Crippen LogP) is 1.69. The first-order valence-electron chi connectivity index (χ1n) is 9.60. The Hall–Kier alpha value is -3.11. The summed E-state index contributed by atoms with van der Waals surface area (Å²) in [5.41, 5.74) is 1.43. The van der Waals surface area contributed by atoms with Crippen molar-refractivity contribution in [1.29, 1.82) is 0 Å². The monoisotopic (exact) mass is 449 g/mol. The SMILES string of the molecule is COc1ccc(CCC(=O)NCCNS(=O)(=O)c2ccc(NC(C)=O)cc2)cc1OC. The number of hydrogen-bond donors (Lipinski definition) is 3. The number of hydrogen-bond acceptors (Lipinski definition) is 6. The fourth-order valence-corrected chi connectivity index (χ4v) is 3.81. The molecule has 2 aromatic rings. The number of ether oxygens (including phenoxy) is 2. The van der Waals surface area contributed by atoms with Gasteiger partial charge in [0.1, 0.15) is 0 Å². The highest BCUT2D eigenvalue weighted by molar-refractivity contribution is 7.89. The zero-order valence-electron chi connectivity index (χ0n) is 17.7. The maximum atomic E-state index is 12.3. The van der Waals surface area contributed by atoms with Crippen molar-refractivity contribution in [1.82, 2.24) is 10.0 Å². The van der Waals surface area contributed by atoms with Crippen molar-refractivity contribution in [3.8, 4) is 11.5 Å². The summed E-state index contributed by atoms with van der Waals surface area (Å²) in [4.78, 5) is 23.1. The first kappa shape index (κ1) is 24.2. The topological polar surface area (TPSA) is 123 Å². The number of aryl methyl sites for hydroxylation is 1. The molecule has 0 heterocycles. The molecule has 0 radical (unpaired) electrons. The van der Waals surface area contributed by atoms with Crippen molar-refractivity contribution in [2.45, 2.75) is 24.7 Å². The van der Waals surface area contributed by atoms with E-state index in [0.29, 0.717) is 23.6 Å². The van der Waals surface area contributed by atoms with E-state index < -0.39 is 10.0 Å². The van der Waals surface area contributed by atoms with E-state index >= 15 is 0 Å². The molecule has 0 aliphatic carbocycles. The van der Waals surface area contributed by atoms with Crippen molar-refractivity contribution >= 4 is 27.5 Å². The number of sulfonamides is 1. The van der Waals surface area contributed by atoms with Crippen LogP contribution >= 0.6 is 0 Å². The van der Waals surface area contributed by atoms with E-state index in [1.807, 2.05) is 12.1 Å². The van der Waals surface area contributed by atoms with Crippen molar-refractivity contribution in [3.05, 3.63) is 48.0 Å². The molecule has 9 nitrogen and oxygen atoms in total. The average molecular weight is 450 g/mol. The lowest BCUT2D eigenvalue weighted by atomic mass is 10.1. The van der Waals surface area contributed by atoms with Gasteiger partial charge in [0, 0.05) is 32.1 Å². The number of rotatable bonds is 11. The molecule has 0 saturated heterocycles. The highest BCUT2D eigenvalue weighted by atomic mass is 32.2. The minimum Gasteiger partial charge on any atom is -0.493 e. The maximum Gasteiger partial charge on any atom is 0.240 e. The first-order chi connectivity index (χ1) is 14.7. The van der Waals surface area contributed by atoms with Crippen LogP contribution in [0.4, 0.5) is 5.69 Å².